The van der Waals surface area contributed by atoms with E-state index in [4.69, 9.17) is 4.52 Å². The van der Waals surface area contributed by atoms with Crippen molar-refractivity contribution in [3.8, 4) is 11.4 Å². The zero-order valence-electron chi connectivity index (χ0n) is 11.3. The predicted octanol–water partition coefficient (Wildman–Crippen LogP) is 1.29. The summed E-state index contributed by atoms with van der Waals surface area (Å²) in [4.78, 5) is 15.5. The van der Waals surface area contributed by atoms with E-state index in [1.165, 1.54) is 7.05 Å². The van der Waals surface area contributed by atoms with Crippen LogP contribution >= 0.6 is 0 Å². The lowest BCUT2D eigenvalue weighted by Gasteiger charge is -1.97. The fourth-order valence-electron chi connectivity index (χ4n) is 2.12. The first-order valence-corrected chi connectivity index (χ1v) is 6.09. The van der Waals surface area contributed by atoms with Gasteiger partial charge >= 0.3 is 11.8 Å². The van der Waals surface area contributed by atoms with Gasteiger partial charge in [-0.3, -0.25) is 9.48 Å². The van der Waals surface area contributed by atoms with Gasteiger partial charge in [0.2, 0.25) is 5.82 Å². The number of nitrogens with zero attached hydrogens (tertiary/aromatic N) is 4. The van der Waals surface area contributed by atoms with Crippen LogP contribution in [0.15, 0.2) is 22.7 Å². The molecule has 0 radical (unpaired) electrons. The van der Waals surface area contributed by atoms with Gasteiger partial charge < -0.3 is 9.84 Å². The number of nitrogens with one attached hydrogen (secondary N) is 1. The highest BCUT2D eigenvalue weighted by Gasteiger charge is 2.15. The second-order valence-electron chi connectivity index (χ2n) is 4.44. The molecule has 0 spiro atoms. The molecular formula is C13H13N5O2. The van der Waals surface area contributed by atoms with Crippen LogP contribution in [0.2, 0.25) is 0 Å². The molecule has 0 saturated carbocycles. The molecule has 0 unspecified atom stereocenters. The lowest BCUT2D eigenvalue weighted by atomic mass is 10.1. The third kappa shape index (κ3) is 1.83. The van der Waals surface area contributed by atoms with Crippen molar-refractivity contribution in [1.82, 2.24) is 25.2 Å². The van der Waals surface area contributed by atoms with Crippen molar-refractivity contribution in [2.24, 2.45) is 7.05 Å². The number of aromatic nitrogens is 4. The molecule has 0 aliphatic carbocycles. The number of amides is 1. The number of carbonyl (C=O) groups is 1. The molecule has 0 saturated heterocycles. The molecule has 20 heavy (non-hydrogen) atoms. The molecular weight excluding hydrogens is 258 g/mol. The van der Waals surface area contributed by atoms with Crippen LogP contribution in [-0.4, -0.2) is 32.9 Å². The molecule has 1 amide bonds. The maximum absolute atomic E-state index is 11.4. The Morgan fingerprint density at radius 2 is 2.20 bits per heavy atom. The Morgan fingerprint density at radius 1 is 1.40 bits per heavy atom. The van der Waals surface area contributed by atoms with Crippen LogP contribution in [0.1, 0.15) is 16.4 Å². The fourth-order valence-corrected chi connectivity index (χ4v) is 2.12. The van der Waals surface area contributed by atoms with E-state index in [9.17, 15) is 4.79 Å². The standard InChI is InChI=1S/C13H13N5O2/c1-7-9-5-4-8(6-10(9)18(3)16-7)11-15-13(20-17-11)12(19)14-2/h4-6H,1-3H3,(H,14,19). The van der Waals surface area contributed by atoms with Gasteiger partial charge in [-0.1, -0.05) is 17.3 Å². The molecule has 0 atom stereocenters. The Hall–Kier alpha value is -2.70. The van der Waals surface area contributed by atoms with Gasteiger partial charge in [-0.05, 0) is 13.0 Å². The largest absolute Gasteiger partial charge is 0.351 e. The second kappa shape index (κ2) is 4.44. The molecule has 0 bridgehead atoms. The molecule has 1 N–H and O–H groups in total. The first-order chi connectivity index (χ1) is 9.60. The van der Waals surface area contributed by atoms with Crippen molar-refractivity contribution in [2.75, 3.05) is 7.05 Å². The normalized spacial score (nSPS) is 10.9. The number of fused-ring (bicyclic) bond motifs is 1. The molecule has 3 rings (SSSR count). The monoisotopic (exact) mass is 271 g/mol. The van der Waals surface area contributed by atoms with Crippen LogP contribution in [0.3, 0.4) is 0 Å². The molecule has 2 heterocycles. The van der Waals surface area contributed by atoms with Gasteiger partial charge in [0.15, 0.2) is 0 Å². The van der Waals surface area contributed by atoms with E-state index in [2.05, 4.69) is 20.6 Å². The summed E-state index contributed by atoms with van der Waals surface area (Å²) in [7, 11) is 3.39. The minimum Gasteiger partial charge on any atom is -0.351 e. The van der Waals surface area contributed by atoms with E-state index >= 15 is 0 Å². The van der Waals surface area contributed by atoms with E-state index in [0.717, 1.165) is 22.2 Å². The molecule has 102 valence electrons. The highest BCUT2D eigenvalue weighted by molar-refractivity contribution is 5.90. The van der Waals surface area contributed by atoms with Crippen LogP contribution in [0.5, 0.6) is 0 Å². The number of rotatable bonds is 2. The van der Waals surface area contributed by atoms with Crippen LogP contribution in [0.4, 0.5) is 0 Å². The van der Waals surface area contributed by atoms with Gasteiger partial charge in [-0.25, -0.2) is 0 Å². The number of benzene rings is 1. The molecule has 1 aromatic carbocycles. The van der Waals surface area contributed by atoms with E-state index in [1.54, 1.807) is 4.68 Å². The first-order valence-electron chi connectivity index (χ1n) is 6.09. The molecule has 2 aromatic heterocycles. The van der Waals surface area contributed by atoms with Gasteiger partial charge in [0.25, 0.3) is 0 Å². The van der Waals surface area contributed by atoms with Crippen molar-refractivity contribution in [3.05, 3.63) is 29.8 Å². The summed E-state index contributed by atoms with van der Waals surface area (Å²) >= 11 is 0. The third-order valence-electron chi connectivity index (χ3n) is 3.14. The molecule has 7 nitrogen and oxygen atoms in total. The maximum atomic E-state index is 11.4. The average Bonchev–Trinajstić information content (AvgIpc) is 3.04. The minimum atomic E-state index is -0.402. The van der Waals surface area contributed by atoms with Gasteiger partial charge in [-0.2, -0.15) is 10.1 Å². The Labute approximate surface area is 114 Å². The summed E-state index contributed by atoms with van der Waals surface area (Å²) in [6.07, 6.45) is 0. The van der Waals surface area contributed by atoms with Crippen LogP contribution in [0, 0.1) is 6.92 Å². The van der Waals surface area contributed by atoms with Crippen molar-refractivity contribution in [3.63, 3.8) is 0 Å². The number of hydrogen-bond acceptors (Lipinski definition) is 5. The summed E-state index contributed by atoms with van der Waals surface area (Å²) in [6.45, 7) is 1.96. The number of aryl methyl sites for hydroxylation is 2. The van der Waals surface area contributed by atoms with Gasteiger partial charge in [-0.15, -0.1) is 0 Å². The summed E-state index contributed by atoms with van der Waals surface area (Å²) in [6, 6.07) is 5.77. The summed E-state index contributed by atoms with van der Waals surface area (Å²) in [5, 5.41) is 11.7. The van der Waals surface area contributed by atoms with Gasteiger partial charge in [0.05, 0.1) is 11.2 Å². The van der Waals surface area contributed by atoms with E-state index in [-0.39, 0.29) is 5.89 Å². The molecule has 0 fully saturated rings. The number of carbonyl (C=O) groups excluding carboxylic acids is 1. The molecule has 3 aromatic rings. The van der Waals surface area contributed by atoms with Crippen LogP contribution in [-0.2, 0) is 7.05 Å². The van der Waals surface area contributed by atoms with Gasteiger partial charge in [0.1, 0.15) is 0 Å². The minimum absolute atomic E-state index is 0.0521. The third-order valence-corrected chi connectivity index (χ3v) is 3.14. The van der Waals surface area contributed by atoms with Crippen LogP contribution < -0.4 is 5.32 Å². The zero-order chi connectivity index (χ0) is 14.3. The van der Waals surface area contributed by atoms with Crippen molar-refractivity contribution >= 4 is 16.8 Å². The SMILES string of the molecule is CNC(=O)c1nc(-c2ccc3c(C)nn(C)c3c2)no1. The van der Waals surface area contributed by atoms with E-state index < -0.39 is 5.91 Å². The molecule has 0 aliphatic heterocycles. The summed E-state index contributed by atoms with van der Waals surface area (Å²) in [5.41, 5.74) is 2.72. The topological polar surface area (TPSA) is 85.8 Å². The maximum Gasteiger partial charge on any atom is 0.316 e. The first kappa shape index (κ1) is 12.3. The molecule has 7 heteroatoms. The summed E-state index contributed by atoms with van der Waals surface area (Å²) < 4.78 is 6.72. The lowest BCUT2D eigenvalue weighted by Crippen LogP contribution is -2.17. The van der Waals surface area contributed by atoms with Crippen LogP contribution in [0.25, 0.3) is 22.3 Å². The predicted molar refractivity (Wildman–Crippen MR) is 72.1 cm³/mol. The van der Waals surface area contributed by atoms with Crippen molar-refractivity contribution in [2.45, 2.75) is 6.92 Å². The summed E-state index contributed by atoms with van der Waals surface area (Å²) in [5.74, 6) is -0.0747. The highest BCUT2D eigenvalue weighted by Crippen LogP contribution is 2.24. The van der Waals surface area contributed by atoms with Gasteiger partial charge in [0, 0.05) is 25.0 Å². The van der Waals surface area contributed by atoms with E-state index in [1.807, 2.05) is 32.2 Å². The highest BCUT2D eigenvalue weighted by atomic mass is 16.5. The Morgan fingerprint density at radius 3 is 2.95 bits per heavy atom. The van der Waals surface area contributed by atoms with Crippen molar-refractivity contribution in [1.29, 1.82) is 0 Å². The lowest BCUT2D eigenvalue weighted by molar-refractivity contribution is 0.0919. The quantitative estimate of drug-likeness (QED) is 0.759. The fraction of sp³-hybridized carbons (Fsp3) is 0.231. The molecule has 0 aliphatic rings. The Bertz CT molecular complexity index is 802. The Kier molecular flexibility index (Phi) is 2.74. The van der Waals surface area contributed by atoms with E-state index in [0.29, 0.717) is 5.82 Å². The average molecular weight is 271 g/mol. The zero-order valence-corrected chi connectivity index (χ0v) is 11.3. The second-order valence-corrected chi connectivity index (χ2v) is 4.44. The Balaban J connectivity index is 2.08. The smallest absolute Gasteiger partial charge is 0.316 e. The van der Waals surface area contributed by atoms with Crippen molar-refractivity contribution < 1.29 is 9.32 Å². The number of hydrogen-bond donors (Lipinski definition) is 1.